The highest BCUT2D eigenvalue weighted by atomic mass is 16.6. The van der Waals surface area contributed by atoms with Crippen LogP contribution in [-0.4, -0.2) is 63.4 Å². The van der Waals surface area contributed by atoms with Crippen LogP contribution in [-0.2, 0) is 4.74 Å². The molecule has 1 N–H and O–H groups in total. The SMILES string of the molecule is CCOC(=O)N1CCC[C@H]1CNc1ccc2ncc(-c3ccncc3OC)n2n1. The number of aromatic nitrogens is 4. The lowest BCUT2D eigenvalue weighted by atomic mass is 10.2. The molecule has 4 rings (SSSR count). The first-order valence-corrected chi connectivity index (χ1v) is 9.71. The molecule has 0 aromatic carbocycles. The lowest BCUT2D eigenvalue weighted by Crippen LogP contribution is -2.40. The third-order valence-electron chi connectivity index (χ3n) is 5.04. The Balaban J connectivity index is 1.54. The van der Waals surface area contributed by atoms with Gasteiger partial charge in [-0.2, -0.15) is 0 Å². The molecule has 0 bridgehead atoms. The van der Waals surface area contributed by atoms with Crippen LogP contribution in [0.3, 0.4) is 0 Å². The van der Waals surface area contributed by atoms with E-state index in [0.717, 1.165) is 36.3 Å². The first-order chi connectivity index (χ1) is 14.2. The van der Waals surface area contributed by atoms with Crippen molar-refractivity contribution >= 4 is 17.6 Å². The van der Waals surface area contributed by atoms with Crippen LogP contribution in [0.15, 0.2) is 36.8 Å². The smallest absolute Gasteiger partial charge is 0.410 e. The molecule has 1 aliphatic heterocycles. The molecule has 29 heavy (non-hydrogen) atoms. The molecule has 0 aliphatic carbocycles. The van der Waals surface area contributed by atoms with Gasteiger partial charge in [0, 0.05) is 24.8 Å². The van der Waals surface area contributed by atoms with Gasteiger partial charge < -0.3 is 19.7 Å². The summed E-state index contributed by atoms with van der Waals surface area (Å²) in [5.74, 6) is 1.37. The van der Waals surface area contributed by atoms with E-state index in [2.05, 4.69) is 20.4 Å². The minimum absolute atomic E-state index is 0.0918. The number of anilines is 1. The highest BCUT2D eigenvalue weighted by molar-refractivity contribution is 5.69. The molecule has 3 aromatic heterocycles. The standard InChI is InChI=1S/C20H24N6O3/c1-3-29-20(27)25-10-4-5-14(25)11-22-18-6-7-19-23-12-16(26(19)24-18)15-8-9-21-13-17(15)28-2/h6-9,12-14H,3-5,10-11H2,1-2H3,(H,22,24)/t14-/m0/s1. The van der Waals surface area contributed by atoms with Gasteiger partial charge in [0.15, 0.2) is 5.65 Å². The van der Waals surface area contributed by atoms with Crippen molar-refractivity contribution in [1.82, 2.24) is 24.5 Å². The third-order valence-corrected chi connectivity index (χ3v) is 5.04. The Bertz CT molecular complexity index is 1000. The summed E-state index contributed by atoms with van der Waals surface area (Å²) in [6.45, 7) is 3.54. The summed E-state index contributed by atoms with van der Waals surface area (Å²) in [5, 5.41) is 8.04. The number of carbonyl (C=O) groups excluding carboxylic acids is 1. The number of fused-ring (bicyclic) bond motifs is 1. The van der Waals surface area contributed by atoms with Crippen molar-refractivity contribution < 1.29 is 14.3 Å². The molecule has 1 fully saturated rings. The van der Waals surface area contributed by atoms with Gasteiger partial charge >= 0.3 is 6.09 Å². The van der Waals surface area contributed by atoms with E-state index in [9.17, 15) is 4.79 Å². The molecular weight excluding hydrogens is 372 g/mol. The number of nitrogens with one attached hydrogen (secondary N) is 1. The maximum Gasteiger partial charge on any atom is 0.410 e. The van der Waals surface area contributed by atoms with Crippen molar-refractivity contribution in [3.05, 3.63) is 36.8 Å². The fraction of sp³-hybridized carbons (Fsp3) is 0.400. The Morgan fingerprint density at radius 1 is 1.31 bits per heavy atom. The Hall–Kier alpha value is -3.36. The number of carbonyl (C=O) groups is 1. The predicted octanol–water partition coefficient (Wildman–Crippen LogP) is 2.83. The second-order valence-corrected chi connectivity index (χ2v) is 6.78. The Morgan fingerprint density at radius 3 is 3.03 bits per heavy atom. The summed E-state index contributed by atoms with van der Waals surface area (Å²) in [6, 6.07) is 5.76. The number of likely N-dealkylation sites (tertiary alicyclic amines) is 1. The lowest BCUT2D eigenvalue weighted by Gasteiger charge is -2.24. The van der Waals surface area contributed by atoms with Gasteiger partial charge in [-0.05, 0) is 38.0 Å². The highest BCUT2D eigenvalue weighted by Crippen LogP contribution is 2.29. The van der Waals surface area contributed by atoms with Gasteiger partial charge in [-0.15, -0.1) is 5.10 Å². The molecule has 9 nitrogen and oxygen atoms in total. The number of hydrogen-bond donors (Lipinski definition) is 1. The molecule has 3 aromatic rings. The van der Waals surface area contributed by atoms with Crippen LogP contribution in [0, 0.1) is 0 Å². The fourth-order valence-corrected chi connectivity index (χ4v) is 3.62. The number of hydrogen-bond acceptors (Lipinski definition) is 7. The Labute approximate surface area is 168 Å². The average molecular weight is 396 g/mol. The summed E-state index contributed by atoms with van der Waals surface area (Å²) in [4.78, 5) is 22.4. The van der Waals surface area contributed by atoms with E-state index in [1.165, 1.54) is 0 Å². The lowest BCUT2D eigenvalue weighted by molar-refractivity contribution is 0.104. The van der Waals surface area contributed by atoms with E-state index in [4.69, 9.17) is 9.47 Å². The van der Waals surface area contributed by atoms with E-state index in [0.29, 0.717) is 24.7 Å². The number of imidazole rings is 1. The van der Waals surface area contributed by atoms with Crippen molar-refractivity contribution in [3.8, 4) is 17.0 Å². The van der Waals surface area contributed by atoms with Crippen LogP contribution in [0.5, 0.6) is 5.75 Å². The number of pyridine rings is 1. The molecule has 0 saturated carbocycles. The molecule has 4 heterocycles. The van der Waals surface area contributed by atoms with Crippen molar-refractivity contribution in [2.24, 2.45) is 0 Å². The number of amides is 1. The predicted molar refractivity (Wildman–Crippen MR) is 108 cm³/mol. The van der Waals surface area contributed by atoms with Gasteiger partial charge in [-0.1, -0.05) is 0 Å². The normalized spacial score (nSPS) is 16.2. The zero-order chi connectivity index (χ0) is 20.2. The van der Waals surface area contributed by atoms with E-state index < -0.39 is 0 Å². The van der Waals surface area contributed by atoms with E-state index in [1.807, 2.05) is 25.1 Å². The summed E-state index contributed by atoms with van der Waals surface area (Å²) < 4.78 is 12.4. The molecule has 1 saturated heterocycles. The van der Waals surface area contributed by atoms with Crippen LogP contribution < -0.4 is 10.1 Å². The maximum absolute atomic E-state index is 12.1. The van der Waals surface area contributed by atoms with Crippen molar-refractivity contribution in [1.29, 1.82) is 0 Å². The van der Waals surface area contributed by atoms with Crippen LogP contribution in [0.2, 0.25) is 0 Å². The number of ether oxygens (including phenoxy) is 2. The van der Waals surface area contributed by atoms with Gasteiger partial charge in [0.25, 0.3) is 0 Å². The molecule has 152 valence electrons. The Morgan fingerprint density at radius 2 is 2.21 bits per heavy atom. The van der Waals surface area contributed by atoms with Gasteiger partial charge in [0.2, 0.25) is 0 Å². The fourth-order valence-electron chi connectivity index (χ4n) is 3.62. The van der Waals surface area contributed by atoms with Crippen LogP contribution in [0.4, 0.5) is 10.6 Å². The first-order valence-electron chi connectivity index (χ1n) is 9.71. The molecule has 0 radical (unpaired) electrons. The molecule has 0 unspecified atom stereocenters. The topological polar surface area (TPSA) is 93.9 Å². The zero-order valence-corrected chi connectivity index (χ0v) is 16.5. The van der Waals surface area contributed by atoms with E-state index >= 15 is 0 Å². The molecule has 1 atom stereocenters. The summed E-state index contributed by atoms with van der Waals surface area (Å²) in [5.41, 5.74) is 2.42. The van der Waals surface area contributed by atoms with Crippen molar-refractivity contribution in [3.63, 3.8) is 0 Å². The van der Waals surface area contributed by atoms with Gasteiger partial charge in [-0.25, -0.2) is 14.3 Å². The van der Waals surface area contributed by atoms with Crippen LogP contribution in [0.25, 0.3) is 16.9 Å². The molecule has 1 amide bonds. The van der Waals surface area contributed by atoms with Gasteiger partial charge in [0.1, 0.15) is 11.6 Å². The quantitative estimate of drug-likeness (QED) is 0.685. The zero-order valence-electron chi connectivity index (χ0n) is 16.5. The minimum Gasteiger partial charge on any atom is -0.494 e. The largest absolute Gasteiger partial charge is 0.494 e. The second-order valence-electron chi connectivity index (χ2n) is 6.78. The summed E-state index contributed by atoms with van der Waals surface area (Å²) in [7, 11) is 1.61. The summed E-state index contributed by atoms with van der Waals surface area (Å²) >= 11 is 0. The van der Waals surface area contributed by atoms with Gasteiger partial charge in [0.05, 0.1) is 37.8 Å². The average Bonchev–Trinajstić information content (AvgIpc) is 3.39. The van der Waals surface area contributed by atoms with Crippen LogP contribution >= 0.6 is 0 Å². The van der Waals surface area contributed by atoms with E-state index in [-0.39, 0.29) is 12.1 Å². The number of methoxy groups -OCH3 is 1. The van der Waals surface area contributed by atoms with Gasteiger partial charge in [-0.3, -0.25) is 4.98 Å². The molecule has 1 aliphatic rings. The molecule has 0 spiro atoms. The van der Waals surface area contributed by atoms with Crippen LogP contribution in [0.1, 0.15) is 19.8 Å². The van der Waals surface area contributed by atoms with Crippen molar-refractivity contribution in [2.75, 3.05) is 32.1 Å². The molecule has 9 heteroatoms. The summed E-state index contributed by atoms with van der Waals surface area (Å²) in [6.07, 6.45) is 6.82. The number of rotatable bonds is 6. The Kier molecular flexibility index (Phi) is 5.46. The minimum atomic E-state index is -0.248. The third kappa shape index (κ3) is 3.80. The van der Waals surface area contributed by atoms with E-state index in [1.54, 1.807) is 35.1 Å². The second kappa shape index (κ2) is 8.34. The first kappa shape index (κ1) is 19.0. The highest BCUT2D eigenvalue weighted by Gasteiger charge is 2.29. The molecular formula is C20H24N6O3. The number of nitrogens with zero attached hydrogens (tertiary/aromatic N) is 5. The maximum atomic E-state index is 12.1. The van der Waals surface area contributed by atoms with Crippen molar-refractivity contribution in [2.45, 2.75) is 25.8 Å². The monoisotopic (exact) mass is 396 g/mol.